The number of carboxylic acid groups (broad SMARTS) is 1. The van der Waals surface area contributed by atoms with Gasteiger partial charge in [-0.25, -0.2) is 9.59 Å². The van der Waals surface area contributed by atoms with Crippen LogP contribution in [0.3, 0.4) is 0 Å². The van der Waals surface area contributed by atoms with Crippen LogP contribution in [0.2, 0.25) is 5.04 Å². The number of hydrogen-bond donors (Lipinski definition) is 1. The Labute approximate surface area is 196 Å². The molecular weight excluding hydrogens is 432 g/mol. The number of carbonyl (C=O) groups is 2. The number of esters is 1. The summed E-state index contributed by atoms with van der Waals surface area (Å²) in [5, 5.41) is 11.6. The van der Waals surface area contributed by atoms with Crippen LogP contribution in [0.5, 0.6) is 0 Å². The van der Waals surface area contributed by atoms with E-state index in [0.29, 0.717) is 5.56 Å². The van der Waals surface area contributed by atoms with Gasteiger partial charge in [-0.05, 0) is 46.1 Å². The Kier molecular flexibility index (Phi) is 7.51. The number of carbonyl (C=O) groups excluding carboxylic acids is 1. The van der Waals surface area contributed by atoms with Crippen LogP contribution in [0.1, 0.15) is 54.0 Å². The first-order valence-corrected chi connectivity index (χ1v) is 12.9. The van der Waals surface area contributed by atoms with E-state index in [0.717, 1.165) is 10.4 Å². The van der Waals surface area contributed by atoms with Gasteiger partial charge in [-0.2, -0.15) is 0 Å². The van der Waals surface area contributed by atoms with Gasteiger partial charge in [0.15, 0.2) is 0 Å². The van der Waals surface area contributed by atoms with Crippen molar-refractivity contribution in [2.75, 3.05) is 6.61 Å². The Balaban J connectivity index is 2.10. The first kappa shape index (κ1) is 24.4. The fourth-order valence-electron chi connectivity index (χ4n) is 4.18. The molecule has 0 radical (unpaired) electrons. The molecule has 0 unspecified atom stereocenters. The molecule has 0 aliphatic carbocycles. The number of rotatable bonds is 8. The molecule has 33 heavy (non-hydrogen) atoms. The molecule has 5 nitrogen and oxygen atoms in total. The zero-order valence-corrected chi connectivity index (χ0v) is 20.5. The molecule has 172 valence electrons. The second-order valence-electron chi connectivity index (χ2n) is 8.90. The Bertz CT molecular complexity index is 1060. The third kappa shape index (κ3) is 5.24. The quantitative estimate of drug-likeness (QED) is 0.390. The Morgan fingerprint density at radius 2 is 1.36 bits per heavy atom. The highest BCUT2D eigenvalue weighted by molar-refractivity contribution is 6.99. The van der Waals surface area contributed by atoms with Crippen LogP contribution in [0.4, 0.5) is 0 Å². The van der Waals surface area contributed by atoms with E-state index in [-0.39, 0.29) is 29.4 Å². The van der Waals surface area contributed by atoms with Gasteiger partial charge in [0.25, 0.3) is 8.32 Å². The summed E-state index contributed by atoms with van der Waals surface area (Å²) in [7, 11) is -2.80. The molecule has 0 aliphatic rings. The summed E-state index contributed by atoms with van der Waals surface area (Å²) >= 11 is 0. The summed E-state index contributed by atoms with van der Waals surface area (Å²) in [6, 6.07) is 25.0. The van der Waals surface area contributed by atoms with Crippen molar-refractivity contribution in [3.8, 4) is 0 Å². The number of carboxylic acids is 1. The van der Waals surface area contributed by atoms with Crippen molar-refractivity contribution in [1.82, 2.24) is 0 Å². The Morgan fingerprint density at radius 3 is 1.82 bits per heavy atom. The first-order valence-electron chi connectivity index (χ1n) is 11.0. The third-order valence-corrected chi connectivity index (χ3v) is 10.6. The van der Waals surface area contributed by atoms with E-state index in [1.165, 1.54) is 6.07 Å². The fourth-order valence-corrected chi connectivity index (χ4v) is 8.72. The van der Waals surface area contributed by atoms with Crippen molar-refractivity contribution >= 4 is 30.6 Å². The number of ether oxygens (including phenoxy) is 1. The molecular formula is C27H30O5Si. The highest BCUT2D eigenvalue weighted by atomic mass is 28.4. The molecule has 3 aromatic carbocycles. The van der Waals surface area contributed by atoms with Crippen molar-refractivity contribution < 1.29 is 23.9 Å². The smallest absolute Gasteiger partial charge is 0.338 e. The third-order valence-electron chi connectivity index (χ3n) is 5.62. The molecule has 0 heterocycles. The molecule has 1 N–H and O–H groups in total. The van der Waals surface area contributed by atoms with Crippen LogP contribution in [-0.2, 0) is 15.8 Å². The van der Waals surface area contributed by atoms with E-state index >= 15 is 0 Å². The van der Waals surface area contributed by atoms with Gasteiger partial charge < -0.3 is 14.3 Å². The number of benzene rings is 3. The highest BCUT2D eigenvalue weighted by Crippen LogP contribution is 2.37. The zero-order chi connectivity index (χ0) is 24.1. The van der Waals surface area contributed by atoms with Crippen molar-refractivity contribution in [2.45, 2.75) is 39.3 Å². The predicted octanol–water partition coefficient (Wildman–Crippen LogP) is 4.64. The van der Waals surface area contributed by atoms with Crippen LogP contribution in [0.15, 0.2) is 78.9 Å². The second kappa shape index (κ2) is 10.1. The summed E-state index contributed by atoms with van der Waals surface area (Å²) in [6.45, 7) is 8.63. The number of aromatic carboxylic acids is 1. The molecule has 6 heteroatoms. The van der Waals surface area contributed by atoms with Crippen LogP contribution >= 0.6 is 0 Å². The number of hydrogen-bond acceptors (Lipinski definition) is 4. The summed E-state index contributed by atoms with van der Waals surface area (Å²) in [6.07, 6.45) is 0. The van der Waals surface area contributed by atoms with E-state index in [1.54, 1.807) is 19.1 Å². The molecule has 0 saturated heterocycles. The second-order valence-corrected chi connectivity index (χ2v) is 13.2. The van der Waals surface area contributed by atoms with Crippen molar-refractivity contribution in [3.63, 3.8) is 0 Å². The molecule has 0 atom stereocenters. The molecule has 0 saturated carbocycles. The summed E-state index contributed by atoms with van der Waals surface area (Å²) in [5.74, 6) is -1.65. The molecule has 0 amide bonds. The van der Waals surface area contributed by atoms with Crippen LogP contribution in [-0.4, -0.2) is 32.0 Å². The summed E-state index contributed by atoms with van der Waals surface area (Å²) in [5.41, 5.74) is 0.852. The molecule has 3 rings (SSSR count). The van der Waals surface area contributed by atoms with Gasteiger partial charge >= 0.3 is 11.9 Å². The van der Waals surface area contributed by atoms with Gasteiger partial charge in [0.1, 0.15) is 0 Å². The lowest BCUT2D eigenvalue weighted by atomic mass is 10.1. The topological polar surface area (TPSA) is 72.8 Å². The predicted molar refractivity (Wildman–Crippen MR) is 132 cm³/mol. The van der Waals surface area contributed by atoms with E-state index in [1.807, 2.05) is 36.4 Å². The highest BCUT2D eigenvalue weighted by Gasteiger charge is 2.50. The van der Waals surface area contributed by atoms with Crippen LogP contribution < -0.4 is 10.4 Å². The van der Waals surface area contributed by atoms with E-state index < -0.39 is 20.3 Å². The molecule has 0 aliphatic heterocycles. The van der Waals surface area contributed by atoms with Gasteiger partial charge in [-0.15, -0.1) is 0 Å². The minimum Gasteiger partial charge on any atom is -0.478 e. The van der Waals surface area contributed by atoms with Crippen LogP contribution in [0.25, 0.3) is 0 Å². The average Bonchev–Trinajstić information content (AvgIpc) is 2.80. The fraction of sp³-hybridized carbons (Fsp3) is 0.259. The van der Waals surface area contributed by atoms with Gasteiger partial charge in [-0.1, -0.05) is 81.4 Å². The first-order chi connectivity index (χ1) is 15.7. The van der Waals surface area contributed by atoms with Gasteiger partial charge in [0, 0.05) is 0 Å². The minimum atomic E-state index is -2.80. The van der Waals surface area contributed by atoms with Crippen LogP contribution in [0, 0.1) is 0 Å². The largest absolute Gasteiger partial charge is 0.478 e. The minimum absolute atomic E-state index is 0.0293. The van der Waals surface area contributed by atoms with Gasteiger partial charge in [-0.3, -0.25) is 0 Å². The Hall–Kier alpha value is -3.22. The van der Waals surface area contributed by atoms with E-state index in [2.05, 4.69) is 45.0 Å². The normalized spacial score (nSPS) is 11.8. The molecule has 0 fully saturated rings. The van der Waals surface area contributed by atoms with Crippen molar-refractivity contribution in [3.05, 3.63) is 95.6 Å². The van der Waals surface area contributed by atoms with E-state index in [9.17, 15) is 14.7 Å². The van der Waals surface area contributed by atoms with E-state index in [4.69, 9.17) is 9.16 Å². The monoisotopic (exact) mass is 462 g/mol. The summed E-state index contributed by atoms with van der Waals surface area (Å²) in [4.78, 5) is 24.0. The Morgan fingerprint density at radius 1 is 0.848 bits per heavy atom. The lowest BCUT2D eigenvalue weighted by Gasteiger charge is -2.43. The van der Waals surface area contributed by atoms with Crippen molar-refractivity contribution in [2.24, 2.45) is 0 Å². The van der Waals surface area contributed by atoms with Crippen molar-refractivity contribution in [1.29, 1.82) is 0 Å². The average molecular weight is 463 g/mol. The SMILES string of the molecule is CCOC(=O)c1cc(CO[Si](c2ccccc2)(c2ccccc2)C(C)(C)C)cc(C(=O)O)c1. The standard InChI is InChI=1S/C27H30O5Si/c1-5-31-26(30)22-17-20(16-21(18-22)25(28)29)19-32-33(27(2,3)4,23-12-8-6-9-13-23)24-14-10-7-11-15-24/h6-18H,5,19H2,1-4H3,(H,28,29). The zero-order valence-electron chi connectivity index (χ0n) is 19.5. The van der Waals surface area contributed by atoms with Gasteiger partial charge in [0.05, 0.1) is 24.3 Å². The maximum absolute atomic E-state index is 12.3. The maximum atomic E-state index is 12.3. The lowest BCUT2D eigenvalue weighted by molar-refractivity contribution is 0.0526. The molecule has 0 aromatic heterocycles. The molecule has 3 aromatic rings. The summed E-state index contributed by atoms with van der Waals surface area (Å²) < 4.78 is 12.0. The lowest BCUT2D eigenvalue weighted by Crippen LogP contribution is -2.66. The molecule has 0 bridgehead atoms. The van der Waals surface area contributed by atoms with Gasteiger partial charge in [0.2, 0.25) is 0 Å². The maximum Gasteiger partial charge on any atom is 0.338 e. The molecule has 0 spiro atoms.